The number of nitrogens with zero attached hydrogens (tertiary/aromatic N) is 4. The molecule has 7 rings (SSSR count). The minimum atomic E-state index is -4.95. The summed E-state index contributed by atoms with van der Waals surface area (Å²) < 4.78 is 59.7. The predicted molar refractivity (Wildman–Crippen MR) is 141 cm³/mol. The number of hydrogen-bond acceptors (Lipinski definition) is 5. The summed E-state index contributed by atoms with van der Waals surface area (Å²) in [6.07, 6.45) is 0.150. The molecule has 2 heterocycles. The molecule has 226 valence electrons. The second-order valence-electron chi connectivity index (χ2n) is 13.1. The lowest BCUT2D eigenvalue weighted by atomic mass is 9.57. The number of alkyl halides is 3. The van der Waals surface area contributed by atoms with Gasteiger partial charge in [0.15, 0.2) is 17.3 Å². The highest BCUT2D eigenvalue weighted by molar-refractivity contribution is 6.34. The number of ketones is 1. The first-order chi connectivity index (χ1) is 19.6. The van der Waals surface area contributed by atoms with E-state index < -0.39 is 70.0 Å². The summed E-state index contributed by atoms with van der Waals surface area (Å²) in [7, 11) is 0. The summed E-state index contributed by atoms with van der Waals surface area (Å²) in [6.45, 7) is 3.54. The van der Waals surface area contributed by atoms with Crippen LogP contribution >= 0.6 is 11.6 Å². The molecule has 5 fully saturated rings. The molecule has 5 aliphatic carbocycles. The molecule has 0 spiro atoms. The van der Waals surface area contributed by atoms with E-state index in [1.807, 2.05) is 0 Å². The fraction of sp³-hybridized carbons (Fsp3) is 0.621. The van der Waals surface area contributed by atoms with Gasteiger partial charge in [-0.2, -0.15) is 18.3 Å². The van der Waals surface area contributed by atoms with Gasteiger partial charge in [-0.05, 0) is 68.6 Å². The highest BCUT2D eigenvalue weighted by Crippen LogP contribution is 2.67. The summed E-state index contributed by atoms with van der Waals surface area (Å²) in [5, 5.41) is 13.6. The van der Waals surface area contributed by atoms with E-state index in [-0.39, 0.29) is 60.8 Å². The SMILES string of the molecule is CC1(C)[C@@H]2C[C@@H](N(CC(=O)c3c(F)cncc3Cl)C(=O)c3cnn(C45CCC(C(=O)O)(CC4)CC5)c3C(F)(F)F)C[C@@H]21. The average Bonchev–Trinajstić information content (AvgIpc) is 3.37. The minimum Gasteiger partial charge on any atom is -0.481 e. The Labute approximate surface area is 244 Å². The molecule has 0 aliphatic heterocycles. The number of aromatic nitrogens is 3. The number of hydrogen-bond donors (Lipinski definition) is 1. The fourth-order valence-corrected chi connectivity index (χ4v) is 8.36. The predicted octanol–water partition coefficient (Wildman–Crippen LogP) is 5.98. The summed E-state index contributed by atoms with van der Waals surface area (Å²) in [5.41, 5.74) is -4.30. The van der Waals surface area contributed by atoms with E-state index in [1.165, 1.54) is 0 Å². The third-order valence-electron chi connectivity index (χ3n) is 10.9. The van der Waals surface area contributed by atoms with Gasteiger partial charge in [0.25, 0.3) is 5.91 Å². The Bertz CT molecular complexity index is 1430. The number of pyridine rings is 1. The zero-order valence-corrected chi connectivity index (χ0v) is 23.9. The number of carboxylic acids is 1. The molecule has 0 saturated heterocycles. The van der Waals surface area contributed by atoms with Gasteiger partial charge in [0, 0.05) is 12.2 Å². The average molecular weight is 611 g/mol. The molecule has 5 saturated carbocycles. The van der Waals surface area contributed by atoms with Crippen LogP contribution in [0.2, 0.25) is 5.02 Å². The van der Waals surface area contributed by atoms with Crippen LogP contribution in [0.5, 0.6) is 0 Å². The Hall–Kier alpha value is -3.02. The number of halogens is 5. The van der Waals surface area contributed by atoms with Crippen molar-refractivity contribution in [2.24, 2.45) is 22.7 Å². The number of rotatable bonds is 7. The van der Waals surface area contributed by atoms with E-state index in [0.29, 0.717) is 12.8 Å². The standard InChI is InChI=1S/C29H31ClF4N4O4/c1-26(2)17-9-15(10-18(17)26)37(14-21(39)22-19(30)12-35-13-20(22)31)24(40)16-11-36-38(23(16)29(32,33)34)28-6-3-27(4-7-28,5-8-28)25(41)42/h11-13,15,17-18H,3-10,14H2,1-2H3,(H,41,42)/t15-,17-,18+,27?,28?. The van der Waals surface area contributed by atoms with Gasteiger partial charge in [-0.1, -0.05) is 25.4 Å². The molecular formula is C29H31ClF4N4O4. The third-order valence-corrected chi connectivity index (χ3v) is 11.2. The van der Waals surface area contributed by atoms with Crippen molar-refractivity contribution in [3.8, 4) is 0 Å². The first-order valence-corrected chi connectivity index (χ1v) is 14.5. The Morgan fingerprint density at radius 1 is 1.05 bits per heavy atom. The van der Waals surface area contributed by atoms with Gasteiger partial charge in [-0.3, -0.25) is 24.0 Å². The number of carboxylic acid groups (broad SMARTS) is 1. The zero-order chi connectivity index (χ0) is 30.4. The van der Waals surface area contributed by atoms with Crippen LogP contribution in [0.1, 0.15) is 91.6 Å². The molecule has 2 bridgehead atoms. The number of aliphatic carboxylic acids is 1. The zero-order valence-electron chi connectivity index (χ0n) is 23.2. The van der Waals surface area contributed by atoms with Crippen LogP contribution < -0.4 is 0 Å². The molecule has 0 aromatic carbocycles. The molecule has 1 N–H and O–H groups in total. The van der Waals surface area contributed by atoms with Crippen LogP contribution in [0.25, 0.3) is 0 Å². The van der Waals surface area contributed by atoms with Gasteiger partial charge in [0.05, 0.1) is 46.0 Å². The molecule has 5 aliphatic rings. The molecule has 0 unspecified atom stereocenters. The maximum atomic E-state index is 14.8. The van der Waals surface area contributed by atoms with Crippen molar-refractivity contribution in [1.29, 1.82) is 0 Å². The number of amides is 1. The summed E-state index contributed by atoms with van der Waals surface area (Å²) >= 11 is 6.04. The molecule has 42 heavy (non-hydrogen) atoms. The van der Waals surface area contributed by atoms with Gasteiger partial charge in [0.2, 0.25) is 0 Å². The number of fused-ring (bicyclic) bond motifs is 4. The number of carbonyl (C=O) groups is 3. The van der Waals surface area contributed by atoms with Crippen LogP contribution in [-0.4, -0.2) is 55.0 Å². The van der Waals surface area contributed by atoms with E-state index in [9.17, 15) is 37.1 Å². The monoisotopic (exact) mass is 610 g/mol. The van der Waals surface area contributed by atoms with Crippen LogP contribution in [0.4, 0.5) is 17.6 Å². The maximum absolute atomic E-state index is 14.8. The summed E-state index contributed by atoms with van der Waals surface area (Å²) in [6, 6.07) is -0.517. The summed E-state index contributed by atoms with van der Waals surface area (Å²) in [5.74, 6) is -3.23. The summed E-state index contributed by atoms with van der Waals surface area (Å²) in [4.78, 5) is 44.0. The van der Waals surface area contributed by atoms with Crippen molar-refractivity contribution < 1.29 is 37.1 Å². The lowest BCUT2D eigenvalue weighted by Gasteiger charge is -2.51. The van der Waals surface area contributed by atoms with E-state index in [0.717, 1.165) is 28.2 Å². The van der Waals surface area contributed by atoms with Gasteiger partial charge in [-0.15, -0.1) is 0 Å². The van der Waals surface area contributed by atoms with Gasteiger partial charge in [-0.25, -0.2) is 4.39 Å². The fourth-order valence-electron chi connectivity index (χ4n) is 8.11. The van der Waals surface area contributed by atoms with Crippen LogP contribution in [-0.2, 0) is 16.5 Å². The number of carbonyl (C=O) groups excluding carboxylic acids is 2. The topological polar surface area (TPSA) is 105 Å². The first kappa shape index (κ1) is 29.1. The lowest BCUT2D eigenvalue weighted by Crippen LogP contribution is -2.52. The first-order valence-electron chi connectivity index (χ1n) is 14.1. The van der Waals surface area contributed by atoms with Crippen molar-refractivity contribution in [2.45, 2.75) is 83.0 Å². The van der Waals surface area contributed by atoms with Gasteiger partial charge in [0.1, 0.15) is 0 Å². The molecule has 2 aromatic rings. The van der Waals surface area contributed by atoms with E-state index in [2.05, 4.69) is 23.9 Å². The van der Waals surface area contributed by atoms with Crippen LogP contribution in [0.15, 0.2) is 18.6 Å². The minimum absolute atomic E-state index is 0.0457. The number of Topliss-reactive ketones (excluding diaryl/α,β-unsaturated/α-hetero) is 1. The normalized spacial score (nSPS) is 31.1. The van der Waals surface area contributed by atoms with E-state index in [1.54, 1.807) is 0 Å². The molecule has 8 nitrogen and oxygen atoms in total. The molecule has 0 radical (unpaired) electrons. The molecule has 13 heteroatoms. The van der Waals surface area contributed by atoms with Crippen molar-refractivity contribution >= 4 is 29.3 Å². The van der Waals surface area contributed by atoms with Gasteiger partial charge >= 0.3 is 12.1 Å². The molecule has 2 aromatic heterocycles. The highest BCUT2D eigenvalue weighted by Gasteiger charge is 2.63. The van der Waals surface area contributed by atoms with Crippen molar-refractivity contribution in [3.05, 3.63) is 46.3 Å². The van der Waals surface area contributed by atoms with Crippen molar-refractivity contribution in [1.82, 2.24) is 19.7 Å². The Morgan fingerprint density at radius 3 is 2.17 bits per heavy atom. The van der Waals surface area contributed by atoms with Crippen LogP contribution in [0.3, 0.4) is 0 Å². The van der Waals surface area contributed by atoms with Crippen LogP contribution in [0, 0.1) is 28.5 Å². The lowest BCUT2D eigenvalue weighted by molar-refractivity contribution is -0.163. The third kappa shape index (κ3) is 4.34. The smallest absolute Gasteiger partial charge is 0.433 e. The van der Waals surface area contributed by atoms with E-state index >= 15 is 0 Å². The highest BCUT2D eigenvalue weighted by atomic mass is 35.5. The Morgan fingerprint density at radius 2 is 1.64 bits per heavy atom. The van der Waals surface area contributed by atoms with Gasteiger partial charge < -0.3 is 10.0 Å². The largest absolute Gasteiger partial charge is 0.481 e. The second-order valence-corrected chi connectivity index (χ2v) is 13.5. The maximum Gasteiger partial charge on any atom is 0.433 e. The molecule has 1 amide bonds. The Kier molecular flexibility index (Phi) is 6.57. The molecular weight excluding hydrogens is 580 g/mol. The Balaban J connectivity index is 1.36. The van der Waals surface area contributed by atoms with E-state index in [4.69, 9.17) is 11.6 Å². The second kappa shape index (κ2) is 9.49. The van der Waals surface area contributed by atoms with Crippen molar-refractivity contribution in [2.75, 3.05) is 6.54 Å². The van der Waals surface area contributed by atoms with Crippen molar-refractivity contribution in [3.63, 3.8) is 0 Å². The molecule has 3 atom stereocenters. The quantitative estimate of drug-likeness (QED) is 0.305.